The molecule has 0 radical (unpaired) electrons. The van der Waals surface area contributed by atoms with Crippen LogP contribution in [0.3, 0.4) is 0 Å². The Hall–Kier alpha value is -1.84. The molecular weight excluding hydrogens is 284 g/mol. The highest BCUT2D eigenvalue weighted by molar-refractivity contribution is 5.70. The van der Waals surface area contributed by atoms with Crippen LogP contribution in [0.25, 0.3) is 11.1 Å². The highest BCUT2D eigenvalue weighted by Gasteiger charge is 2.10. The Labute approximate surface area is 140 Å². The molecule has 23 heavy (non-hydrogen) atoms. The van der Waals surface area contributed by atoms with Gasteiger partial charge in [0.15, 0.2) is 0 Å². The lowest BCUT2D eigenvalue weighted by atomic mass is 10.0. The summed E-state index contributed by atoms with van der Waals surface area (Å²) in [4.78, 5) is 2.23. The Morgan fingerprint density at radius 3 is 2.26 bits per heavy atom. The van der Waals surface area contributed by atoms with Gasteiger partial charge in [-0.05, 0) is 45.1 Å². The summed E-state index contributed by atoms with van der Waals surface area (Å²) in [5.74, 6) is 0.909. The van der Waals surface area contributed by atoms with Crippen LogP contribution < -0.4 is 10.1 Å². The fourth-order valence-electron chi connectivity index (χ4n) is 2.48. The Bertz CT molecular complexity index is 607. The van der Waals surface area contributed by atoms with Crippen LogP contribution in [0, 0.1) is 0 Å². The lowest BCUT2D eigenvalue weighted by Gasteiger charge is -2.23. The van der Waals surface area contributed by atoms with Crippen LogP contribution in [-0.2, 0) is 0 Å². The molecule has 2 aromatic carbocycles. The molecule has 0 aliphatic heterocycles. The smallest absolute Gasteiger partial charge is 0.126 e. The van der Waals surface area contributed by atoms with Gasteiger partial charge >= 0.3 is 0 Å². The van der Waals surface area contributed by atoms with E-state index in [2.05, 4.69) is 68.5 Å². The van der Waals surface area contributed by atoms with Crippen LogP contribution in [0.5, 0.6) is 5.75 Å². The van der Waals surface area contributed by atoms with Crippen molar-refractivity contribution in [1.82, 2.24) is 10.2 Å². The molecule has 0 aliphatic rings. The quantitative estimate of drug-likeness (QED) is 0.837. The molecule has 2 rings (SSSR count). The molecule has 0 spiro atoms. The van der Waals surface area contributed by atoms with Crippen molar-refractivity contribution in [2.24, 2.45) is 0 Å². The Kier molecular flexibility index (Phi) is 6.20. The summed E-state index contributed by atoms with van der Waals surface area (Å²) in [6.45, 7) is 5.41. The van der Waals surface area contributed by atoms with E-state index in [1.165, 1.54) is 11.1 Å². The summed E-state index contributed by atoms with van der Waals surface area (Å²) in [6.07, 6.45) is 0. The standard InChI is InChI=1S/C20H28N2O/c1-15(22(3)4)14-21-16(2)17-10-12-18(13-11-17)19-8-6-7-9-20(19)23-5/h6-13,15-16,21H,14H2,1-5H3. The van der Waals surface area contributed by atoms with Gasteiger partial charge in [0.1, 0.15) is 5.75 Å². The van der Waals surface area contributed by atoms with E-state index >= 15 is 0 Å². The molecule has 2 unspecified atom stereocenters. The van der Waals surface area contributed by atoms with Gasteiger partial charge in [0, 0.05) is 24.2 Å². The molecule has 0 bridgehead atoms. The third-order valence-electron chi connectivity index (χ3n) is 4.43. The Balaban J connectivity index is 2.07. The number of likely N-dealkylation sites (N-methyl/N-ethyl adjacent to an activating group) is 1. The normalized spacial score (nSPS) is 13.8. The predicted molar refractivity (Wildman–Crippen MR) is 98.0 cm³/mol. The molecule has 0 amide bonds. The average molecular weight is 312 g/mol. The highest BCUT2D eigenvalue weighted by Crippen LogP contribution is 2.30. The van der Waals surface area contributed by atoms with Gasteiger partial charge < -0.3 is 15.0 Å². The van der Waals surface area contributed by atoms with Crippen LogP contribution in [0.1, 0.15) is 25.5 Å². The molecule has 3 nitrogen and oxygen atoms in total. The second-order valence-corrected chi connectivity index (χ2v) is 6.26. The second-order valence-electron chi connectivity index (χ2n) is 6.26. The van der Waals surface area contributed by atoms with E-state index in [0.717, 1.165) is 17.9 Å². The first-order valence-electron chi connectivity index (χ1n) is 8.16. The van der Waals surface area contributed by atoms with E-state index in [9.17, 15) is 0 Å². The molecule has 0 heterocycles. The van der Waals surface area contributed by atoms with E-state index in [1.807, 2.05) is 18.2 Å². The molecule has 1 N–H and O–H groups in total. The predicted octanol–water partition coefficient (Wildman–Crippen LogP) is 3.96. The number of para-hydroxylation sites is 1. The van der Waals surface area contributed by atoms with Gasteiger partial charge in [-0.3, -0.25) is 0 Å². The van der Waals surface area contributed by atoms with Crippen molar-refractivity contribution >= 4 is 0 Å². The number of ether oxygens (including phenoxy) is 1. The summed E-state index contributed by atoms with van der Waals surface area (Å²) in [5, 5.41) is 3.60. The molecule has 3 heteroatoms. The summed E-state index contributed by atoms with van der Waals surface area (Å²) < 4.78 is 5.45. The van der Waals surface area contributed by atoms with Gasteiger partial charge in [-0.2, -0.15) is 0 Å². The number of benzene rings is 2. The van der Waals surface area contributed by atoms with Crippen molar-refractivity contribution in [3.05, 3.63) is 54.1 Å². The third-order valence-corrected chi connectivity index (χ3v) is 4.43. The average Bonchev–Trinajstić information content (AvgIpc) is 2.59. The van der Waals surface area contributed by atoms with Crippen LogP contribution in [0.4, 0.5) is 0 Å². The molecular formula is C20H28N2O. The van der Waals surface area contributed by atoms with E-state index in [0.29, 0.717) is 12.1 Å². The van der Waals surface area contributed by atoms with Gasteiger partial charge in [-0.25, -0.2) is 0 Å². The topological polar surface area (TPSA) is 24.5 Å². The SMILES string of the molecule is COc1ccccc1-c1ccc(C(C)NCC(C)N(C)C)cc1. The number of hydrogen-bond acceptors (Lipinski definition) is 3. The van der Waals surface area contributed by atoms with Crippen LogP contribution in [-0.4, -0.2) is 38.7 Å². The molecule has 0 aromatic heterocycles. The summed E-state index contributed by atoms with van der Waals surface area (Å²) in [6, 6.07) is 17.7. The van der Waals surface area contributed by atoms with E-state index in [-0.39, 0.29) is 0 Å². The number of nitrogens with zero attached hydrogens (tertiary/aromatic N) is 1. The molecule has 2 aromatic rings. The van der Waals surface area contributed by atoms with Crippen molar-refractivity contribution in [3.8, 4) is 16.9 Å². The number of nitrogens with one attached hydrogen (secondary N) is 1. The highest BCUT2D eigenvalue weighted by atomic mass is 16.5. The van der Waals surface area contributed by atoms with E-state index in [4.69, 9.17) is 4.74 Å². The maximum absolute atomic E-state index is 5.45. The Morgan fingerprint density at radius 1 is 1.00 bits per heavy atom. The first kappa shape index (κ1) is 17.5. The maximum Gasteiger partial charge on any atom is 0.126 e. The monoisotopic (exact) mass is 312 g/mol. The zero-order valence-electron chi connectivity index (χ0n) is 14.8. The lowest BCUT2D eigenvalue weighted by Crippen LogP contribution is -2.36. The van der Waals surface area contributed by atoms with Crippen molar-refractivity contribution < 1.29 is 4.74 Å². The van der Waals surface area contributed by atoms with E-state index < -0.39 is 0 Å². The van der Waals surface area contributed by atoms with Crippen molar-refractivity contribution in [3.63, 3.8) is 0 Å². The largest absolute Gasteiger partial charge is 0.496 e. The van der Waals surface area contributed by atoms with E-state index in [1.54, 1.807) is 7.11 Å². The minimum atomic E-state index is 0.337. The molecule has 0 fully saturated rings. The van der Waals surface area contributed by atoms with Gasteiger partial charge in [0.05, 0.1) is 7.11 Å². The van der Waals surface area contributed by atoms with Crippen molar-refractivity contribution in [2.45, 2.75) is 25.9 Å². The molecule has 0 aliphatic carbocycles. The van der Waals surface area contributed by atoms with Crippen LogP contribution >= 0.6 is 0 Å². The fraction of sp³-hybridized carbons (Fsp3) is 0.400. The molecule has 0 saturated carbocycles. The van der Waals surface area contributed by atoms with Crippen LogP contribution in [0.2, 0.25) is 0 Å². The maximum atomic E-state index is 5.45. The minimum Gasteiger partial charge on any atom is -0.496 e. The summed E-state index contributed by atoms with van der Waals surface area (Å²) >= 11 is 0. The Morgan fingerprint density at radius 2 is 1.65 bits per heavy atom. The van der Waals surface area contributed by atoms with Crippen LogP contribution in [0.15, 0.2) is 48.5 Å². The first-order chi connectivity index (χ1) is 11.0. The number of rotatable bonds is 7. The van der Waals surface area contributed by atoms with Crippen molar-refractivity contribution in [1.29, 1.82) is 0 Å². The van der Waals surface area contributed by atoms with Crippen molar-refractivity contribution in [2.75, 3.05) is 27.7 Å². The number of hydrogen-bond donors (Lipinski definition) is 1. The third kappa shape index (κ3) is 4.57. The summed E-state index contributed by atoms with van der Waals surface area (Å²) in [5.41, 5.74) is 3.61. The fourth-order valence-corrected chi connectivity index (χ4v) is 2.48. The lowest BCUT2D eigenvalue weighted by molar-refractivity contribution is 0.295. The molecule has 2 atom stereocenters. The van der Waals surface area contributed by atoms with Gasteiger partial charge in [0.25, 0.3) is 0 Å². The van der Waals surface area contributed by atoms with Gasteiger partial charge in [0.2, 0.25) is 0 Å². The summed E-state index contributed by atoms with van der Waals surface area (Å²) in [7, 11) is 5.93. The molecule has 0 saturated heterocycles. The zero-order valence-corrected chi connectivity index (χ0v) is 14.8. The van der Waals surface area contributed by atoms with Gasteiger partial charge in [-0.15, -0.1) is 0 Å². The first-order valence-corrected chi connectivity index (χ1v) is 8.16. The molecule has 124 valence electrons. The second kappa shape index (κ2) is 8.14. The minimum absolute atomic E-state index is 0.337. The van der Waals surface area contributed by atoms with Gasteiger partial charge in [-0.1, -0.05) is 42.5 Å². The zero-order chi connectivity index (χ0) is 16.8. The number of methoxy groups -OCH3 is 1.